The van der Waals surface area contributed by atoms with Crippen molar-refractivity contribution in [3.05, 3.63) is 23.8 Å². The lowest BCUT2D eigenvalue weighted by molar-refractivity contribution is -0.140. The van der Waals surface area contributed by atoms with Crippen molar-refractivity contribution in [2.24, 2.45) is 17.6 Å². The second kappa shape index (κ2) is 6.58. The van der Waals surface area contributed by atoms with Crippen LogP contribution in [0.1, 0.15) is 36.0 Å². The van der Waals surface area contributed by atoms with Gasteiger partial charge in [-0.1, -0.05) is 0 Å². The van der Waals surface area contributed by atoms with Gasteiger partial charge in [-0.05, 0) is 50.3 Å². The van der Waals surface area contributed by atoms with Gasteiger partial charge in [-0.2, -0.15) is 0 Å². The number of aromatic carboxylic acids is 1. The predicted molar refractivity (Wildman–Crippen MR) is 75.2 cm³/mol. The molecule has 1 aliphatic carbocycles. The molecule has 0 heterocycles. The number of esters is 1. The van der Waals surface area contributed by atoms with Crippen molar-refractivity contribution in [1.29, 1.82) is 0 Å². The van der Waals surface area contributed by atoms with Crippen LogP contribution in [0.5, 0.6) is 11.5 Å². The Kier molecular flexibility index (Phi) is 4.80. The fourth-order valence-electron chi connectivity index (χ4n) is 2.60. The number of nitrogens with two attached hydrogens (primary N) is 1. The van der Waals surface area contributed by atoms with Gasteiger partial charge in [0.2, 0.25) is 0 Å². The normalized spacial score (nSPS) is 21.8. The van der Waals surface area contributed by atoms with Crippen LogP contribution in [0.2, 0.25) is 0 Å². The van der Waals surface area contributed by atoms with Crippen molar-refractivity contribution in [1.82, 2.24) is 0 Å². The molecule has 0 spiro atoms. The summed E-state index contributed by atoms with van der Waals surface area (Å²) in [5.74, 6) is -1.49. The Morgan fingerprint density at radius 3 is 2.43 bits per heavy atom. The van der Waals surface area contributed by atoms with Crippen molar-refractivity contribution >= 4 is 11.9 Å². The van der Waals surface area contributed by atoms with Crippen molar-refractivity contribution in [2.45, 2.75) is 25.7 Å². The lowest BCUT2D eigenvalue weighted by atomic mass is 9.82. The molecule has 6 nitrogen and oxygen atoms in total. The second-order valence-electron chi connectivity index (χ2n) is 5.40. The lowest BCUT2D eigenvalue weighted by Gasteiger charge is -2.26. The summed E-state index contributed by atoms with van der Waals surface area (Å²) < 4.78 is 5.20. The first-order valence-electron chi connectivity index (χ1n) is 6.98. The number of hydrogen-bond acceptors (Lipinski definition) is 5. The summed E-state index contributed by atoms with van der Waals surface area (Å²) in [6.45, 7) is 0.635. The van der Waals surface area contributed by atoms with E-state index in [9.17, 15) is 14.7 Å². The number of benzene rings is 1. The van der Waals surface area contributed by atoms with Crippen LogP contribution in [0.25, 0.3) is 0 Å². The summed E-state index contributed by atoms with van der Waals surface area (Å²) in [5, 5.41) is 18.4. The molecule has 114 valence electrons. The highest BCUT2D eigenvalue weighted by Gasteiger charge is 2.27. The summed E-state index contributed by atoms with van der Waals surface area (Å²) >= 11 is 0. The Balaban J connectivity index is 2.01. The van der Waals surface area contributed by atoms with Gasteiger partial charge >= 0.3 is 11.9 Å². The van der Waals surface area contributed by atoms with E-state index >= 15 is 0 Å². The summed E-state index contributed by atoms with van der Waals surface area (Å²) in [4.78, 5) is 23.0. The van der Waals surface area contributed by atoms with Crippen LogP contribution in [-0.4, -0.2) is 28.7 Å². The number of hydrogen-bond donors (Lipinski definition) is 3. The van der Waals surface area contributed by atoms with E-state index in [1.54, 1.807) is 0 Å². The minimum Gasteiger partial charge on any atom is -0.508 e. The number of carbonyl (C=O) groups excluding carboxylic acids is 1. The van der Waals surface area contributed by atoms with E-state index < -0.39 is 5.97 Å². The summed E-state index contributed by atoms with van der Waals surface area (Å²) in [5.41, 5.74) is 5.49. The zero-order valence-corrected chi connectivity index (χ0v) is 11.6. The molecule has 0 bridgehead atoms. The average Bonchev–Trinajstić information content (AvgIpc) is 2.46. The number of carbonyl (C=O) groups is 2. The van der Waals surface area contributed by atoms with Gasteiger partial charge in [-0.15, -0.1) is 0 Å². The molecule has 0 unspecified atom stereocenters. The molecule has 0 saturated heterocycles. The largest absolute Gasteiger partial charge is 0.508 e. The van der Waals surface area contributed by atoms with Gasteiger partial charge in [0.15, 0.2) is 0 Å². The van der Waals surface area contributed by atoms with Gasteiger partial charge in [0.25, 0.3) is 0 Å². The van der Waals surface area contributed by atoms with E-state index in [1.807, 2.05) is 0 Å². The van der Waals surface area contributed by atoms with Crippen LogP contribution < -0.4 is 10.5 Å². The van der Waals surface area contributed by atoms with Crippen LogP contribution >= 0.6 is 0 Å². The molecule has 0 amide bonds. The van der Waals surface area contributed by atoms with Gasteiger partial charge in [0, 0.05) is 6.07 Å². The van der Waals surface area contributed by atoms with E-state index in [2.05, 4.69) is 0 Å². The standard InChI is InChI=1S/C15H19NO5/c16-8-9-1-3-10(4-2-9)15(20)21-13-6-11(14(18)19)5-12(17)7-13/h5-7,9-10,17H,1-4,8,16H2,(H,18,19). The Labute approximate surface area is 122 Å². The minimum atomic E-state index is -1.19. The van der Waals surface area contributed by atoms with Gasteiger partial charge in [0.05, 0.1) is 11.5 Å². The molecule has 1 fully saturated rings. The third-order valence-electron chi connectivity index (χ3n) is 3.87. The SMILES string of the molecule is NCC1CCC(C(=O)Oc2cc(O)cc(C(=O)O)c2)CC1. The number of phenols is 1. The molecule has 2 rings (SSSR count). The number of carboxylic acid groups (broad SMARTS) is 1. The van der Waals surface area contributed by atoms with Crippen LogP contribution in [0.15, 0.2) is 18.2 Å². The second-order valence-corrected chi connectivity index (χ2v) is 5.40. The molecule has 0 aliphatic heterocycles. The van der Waals surface area contributed by atoms with Gasteiger partial charge in [-0.3, -0.25) is 4.79 Å². The maximum absolute atomic E-state index is 12.1. The van der Waals surface area contributed by atoms with Gasteiger partial charge in [-0.25, -0.2) is 4.79 Å². The maximum atomic E-state index is 12.1. The molecular formula is C15H19NO5. The van der Waals surface area contributed by atoms with Crippen LogP contribution in [0, 0.1) is 11.8 Å². The summed E-state index contributed by atoms with van der Waals surface area (Å²) in [6.07, 6.45) is 3.25. The number of carboxylic acids is 1. The summed E-state index contributed by atoms with van der Waals surface area (Å²) in [7, 11) is 0. The monoisotopic (exact) mass is 293 g/mol. The topological polar surface area (TPSA) is 110 Å². The van der Waals surface area contributed by atoms with Crippen LogP contribution in [0.3, 0.4) is 0 Å². The quantitative estimate of drug-likeness (QED) is 0.576. The van der Waals surface area contributed by atoms with E-state index in [1.165, 1.54) is 12.1 Å². The number of ether oxygens (including phenoxy) is 1. The Morgan fingerprint density at radius 1 is 1.19 bits per heavy atom. The molecule has 1 saturated carbocycles. The Hall–Kier alpha value is -2.08. The fourth-order valence-corrected chi connectivity index (χ4v) is 2.60. The first-order valence-corrected chi connectivity index (χ1v) is 6.98. The van der Waals surface area contributed by atoms with Gasteiger partial charge in [0.1, 0.15) is 11.5 Å². The molecule has 0 aromatic heterocycles. The van der Waals surface area contributed by atoms with E-state index in [0.717, 1.165) is 31.7 Å². The molecule has 1 aromatic rings. The van der Waals surface area contributed by atoms with Crippen molar-refractivity contribution in [3.8, 4) is 11.5 Å². The van der Waals surface area contributed by atoms with Crippen molar-refractivity contribution < 1.29 is 24.5 Å². The highest BCUT2D eigenvalue weighted by molar-refractivity contribution is 5.89. The third kappa shape index (κ3) is 3.95. The van der Waals surface area contributed by atoms with Crippen LogP contribution in [-0.2, 0) is 4.79 Å². The molecular weight excluding hydrogens is 274 g/mol. The predicted octanol–water partition coefficient (Wildman–Crippen LogP) is 1.76. The zero-order chi connectivity index (χ0) is 15.4. The zero-order valence-electron chi connectivity index (χ0n) is 11.6. The lowest BCUT2D eigenvalue weighted by Crippen LogP contribution is -2.28. The molecule has 6 heteroatoms. The van der Waals surface area contributed by atoms with E-state index in [-0.39, 0.29) is 28.9 Å². The molecule has 0 radical (unpaired) electrons. The highest BCUT2D eigenvalue weighted by atomic mass is 16.5. The maximum Gasteiger partial charge on any atom is 0.335 e. The summed E-state index contributed by atoms with van der Waals surface area (Å²) in [6, 6.07) is 3.56. The molecule has 1 aliphatic rings. The van der Waals surface area contributed by atoms with E-state index in [4.69, 9.17) is 15.6 Å². The van der Waals surface area contributed by atoms with Gasteiger partial charge < -0.3 is 20.7 Å². The number of rotatable bonds is 4. The fraction of sp³-hybridized carbons (Fsp3) is 0.467. The smallest absolute Gasteiger partial charge is 0.335 e. The number of phenolic OH excluding ortho intramolecular Hbond substituents is 1. The molecule has 0 atom stereocenters. The molecule has 1 aromatic carbocycles. The minimum absolute atomic E-state index is 0.0540. The van der Waals surface area contributed by atoms with Crippen molar-refractivity contribution in [2.75, 3.05) is 6.54 Å². The highest BCUT2D eigenvalue weighted by Crippen LogP contribution is 2.30. The molecule has 4 N–H and O–H groups in total. The molecule has 21 heavy (non-hydrogen) atoms. The van der Waals surface area contributed by atoms with Crippen molar-refractivity contribution in [3.63, 3.8) is 0 Å². The number of aromatic hydroxyl groups is 1. The Morgan fingerprint density at radius 2 is 1.86 bits per heavy atom. The average molecular weight is 293 g/mol. The van der Waals surface area contributed by atoms with Crippen LogP contribution in [0.4, 0.5) is 0 Å². The first-order chi connectivity index (χ1) is 9.99. The third-order valence-corrected chi connectivity index (χ3v) is 3.87. The first kappa shape index (κ1) is 15.3. The Bertz CT molecular complexity index is 535. The van der Waals surface area contributed by atoms with E-state index in [0.29, 0.717) is 12.5 Å².